The molecule has 1 heterocycles. The van der Waals surface area contributed by atoms with Gasteiger partial charge in [-0.2, -0.15) is 5.26 Å². The first-order valence-electron chi connectivity index (χ1n) is 10.5. The monoisotopic (exact) mass is 363 g/mol. The maximum Gasteiger partial charge on any atom is 0.407 e. The minimum Gasteiger partial charge on any atom is -0.444 e. The fourth-order valence-electron chi connectivity index (χ4n) is 4.26. The second-order valence-corrected chi connectivity index (χ2v) is 8.98. The van der Waals surface area contributed by atoms with Crippen LogP contribution in [0.5, 0.6) is 0 Å². The van der Waals surface area contributed by atoms with Gasteiger partial charge in [0, 0.05) is 25.2 Å². The molecule has 1 amide bonds. The molecule has 0 aromatic rings. The molecule has 1 N–H and O–H groups in total. The second-order valence-electron chi connectivity index (χ2n) is 8.98. The number of carbonyl (C=O) groups is 1. The summed E-state index contributed by atoms with van der Waals surface area (Å²) >= 11 is 0. The lowest BCUT2D eigenvalue weighted by molar-refractivity contribution is 0.0503. The molecule has 2 rings (SSSR count). The van der Waals surface area contributed by atoms with Gasteiger partial charge in [0.2, 0.25) is 0 Å². The quantitative estimate of drug-likeness (QED) is 0.777. The van der Waals surface area contributed by atoms with Crippen molar-refractivity contribution in [2.45, 2.75) is 103 Å². The molecule has 1 aliphatic heterocycles. The Hall–Kier alpha value is -1.28. The first-order chi connectivity index (χ1) is 12.4. The van der Waals surface area contributed by atoms with Crippen molar-refractivity contribution in [2.75, 3.05) is 13.1 Å². The Bertz CT molecular complexity index is 481. The summed E-state index contributed by atoms with van der Waals surface area (Å²) in [7, 11) is 0. The van der Waals surface area contributed by atoms with Crippen LogP contribution in [0.15, 0.2) is 0 Å². The smallest absolute Gasteiger partial charge is 0.407 e. The maximum atomic E-state index is 12.0. The molecule has 1 aliphatic carbocycles. The Balaban J connectivity index is 1.91. The summed E-state index contributed by atoms with van der Waals surface area (Å²) in [6.45, 7) is 7.44. The van der Waals surface area contributed by atoms with E-state index in [1.54, 1.807) is 0 Å². The number of likely N-dealkylation sites (tertiary alicyclic amines) is 1. The van der Waals surface area contributed by atoms with E-state index in [-0.39, 0.29) is 18.1 Å². The summed E-state index contributed by atoms with van der Waals surface area (Å²) < 4.78 is 5.38. The van der Waals surface area contributed by atoms with Crippen LogP contribution in [-0.2, 0) is 4.74 Å². The number of amides is 1. The number of carbonyl (C=O) groups excluding carboxylic acids is 1. The predicted molar refractivity (Wildman–Crippen MR) is 104 cm³/mol. The Morgan fingerprint density at radius 3 is 2.27 bits per heavy atom. The highest BCUT2D eigenvalue weighted by Crippen LogP contribution is 2.28. The van der Waals surface area contributed by atoms with Crippen molar-refractivity contribution in [3.05, 3.63) is 0 Å². The van der Waals surface area contributed by atoms with Crippen molar-refractivity contribution in [3.63, 3.8) is 0 Å². The van der Waals surface area contributed by atoms with Crippen LogP contribution in [0.2, 0.25) is 0 Å². The normalized spacial score (nSPS) is 29.4. The van der Waals surface area contributed by atoms with Crippen molar-refractivity contribution in [1.82, 2.24) is 10.2 Å². The van der Waals surface area contributed by atoms with E-state index >= 15 is 0 Å². The van der Waals surface area contributed by atoms with E-state index in [1.807, 2.05) is 20.8 Å². The molecule has 148 valence electrons. The fraction of sp³-hybridized carbons (Fsp3) is 0.905. The van der Waals surface area contributed by atoms with Crippen LogP contribution in [0.1, 0.15) is 85.0 Å². The summed E-state index contributed by atoms with van der Waals surface area (Å²) in [5.41, 5.74) is -0.469. The number of ether oxygens (including phenoxy) is 1. The lowest BCUT2D eigenvalue weighted by Gasteiger charge is -2.31. The Morgan fingerprint density at radius 2 is 1.65 bits per heavy atom. The summed E-state index contributed by atoms with van der Waals surface area (Å²) in [5, 5.41) is 12.8. The number of nitrogens with zero attached hydrogens (tertiary/aromatic N) is 2. The average molecular weight is 364 g/mol. The number of hydrogen-bond acceptors (Lipinski definition) is 4. The van der Waals surface area contributed by atoms with Crippen LogP contribution < -0.4 is 5.32 Å². The molecule has 1 saturated heterocycles. The number of rotatable bonds is 2. The van der Waals surface area contributed by atoms with Crippen LogP contribution in [0, 0.1) is 17.2 Å². The van der Waals surface area contributed by atoms with Gasteiger partial charge in [0.1, 0.15) is 5.60 Å². The van der Waals surface area contributed by atoms with Crippen LogP contribution in [0.25, 0.3) is 0 Å². The molecule has 5 heteroatoms. The molecule has 3 atom stereocenters. The van der Waals surface area contributed by atoms with E-state index in [9.17, 15) is 10.1 Å². The lowest BCUT2D eigenvalue weighted by Crippen LogP contribution is -2.43. The highest BCUT2D eigenvalue weighted by molar-refractivity contribution is 5.68. The van der Waals surface area contributed by atoms with E-state index in [1.165, 1.54) is 44.9 Å². The van der Waals surface area contributed by atoms with Gasteiger partial charge in [-0.3, -0.25) is 4.90 Å². The third kappa shape index (κ3) is 7.15. The van der Waals surface area contributed by atoms with Crippen LogP contribution >= 0.6 is 0 Å². The molecule has 26 heavy (non-hydrogen) atoms. The molecule has 0 bridgehead atoms. The molecule has 0 aromatic carbocycles. The Labute approximate surface area is 159 Å². The number of nitrogens with one attached hydrogen (secondary N) is 1. The van der Waals surface area contributed by atoms with Crippen molar-refractivity contribution in [1.29, 1.82) is 5.26 Å². The van der Waals surface area contributed by atoms with E-state index < -0.39 is 5.60 Å². The fourth-order valence-corrected chi connectivity index (χ4v) is 4.26. The van der Waals surface area contributed by atoms with E-state index in [0.29, 0.717) is 6.04 Å². The van der Waals surface area contributed by atoms with Crippen molar-refractivity contribution < 1.29 is 9.53 Å². The lowest BCUT2D eigenvalue weighted by atomic mass is 9.90. The molecule has 2 aliphatic rings. The highest BCUT2D eigenvalue weighted by atomic mass is 16.6. The van der Waals surface area contributed by atoms with Gasteiger partial charge in [-0.05, 0) is 40.0 Å². The predicted octanol–water partition coefficient (Wildman–Crippen LogP) is 4.62. The largest absolute Gasteiger partial charge is 0.444 e. The van der Waals surface area contributed by atoms with Gasteiger partial charge >= 0.3 is 6.09 Å². The zero-order chi connectivity index (χ0) is 19.0. The number of hydrogen-bond donors (Lipinski definition) is 1. The van der Waals surface area contributed by atoms with Gasteiger partial charge in [-0.15, -0.1) is 0 Å². The molecule has 2 fully saturated rings. The first kappa shape index (κ1) is 21.0. The molecule has 1 saturated carbocycles. The minimum atomic E-state index is -0.469. The Kier molecular flexibility index (Phi) is 8.21. The van der Waals surface area contributed by atoms with E-state index in [0.717, 1.165) is 32.4 Å². The van der Waals surface area contributed by atoms with Gasteiger partial charge < -0.3 is 10.1 Å². The molecule has 0 spiro atoms. The van der Waals surface area contributed by atoms with Gasteiger partial charge in [-0.1, -0.05) is 44.9 Å². The topological polar surface area (TPSA) is 65.4 Å². The van der Waals surface area contributed by atoms with E-state index in [4.69, 9.17) is 4.74 Å². The van der Waals surface area contributed by atoms with Gasteiger partial charge in [0.05, 0.1) is 12.0 Å². The highest BCUT2D eigenvalue weighted by Gasteiger charge is 2.34. The molecule has 0 aromatic heterocycles. The SMILES string of the molecule is CC(C)(C)OC(=O)NC1CCN(C2CCCCCCCCCC2C#N)C1. The maximum absolute atomic E-state index is 12.0. The number of nitriles is 1. The standard InChI is InChI=1S/C21H37N3O2/c1-21(2,3)26-20(25)23-18-13-14-24(16-18)19-12-10-8-6-4-5-7-9-11-17(19)15-22/h17-19H,4-14,16H2,1-3H3,(H,23,25). The average Bonchev–Trinajstić information content (AvgIpc) is 2.97. The summed E-state index contributed by atoms with van der Waals surface area (Å²) in [4.78, 5) is 14.5. The van der Waals surface area contributed by atoms with Gasteiger partial charge in [0.25, 0.3) is 0 Å². The third-order valence-electron chi connectivity index (χ3n) is 5.55. The molecular formula is C21H37N3O2. The van der Waals surface area contributed by atoms with Crippen LogP contribution in [-0.4, -0.2) is 41.8 Å². The van der Waals surface area contributed by atoms with Crippen LogP contribution in [0.4, 0.5) is 4.79 Å². The van der Waals surface area contributed by atoms with Gasteiger partial charge in [-0.25, -0.2) is 4.79 Å². The van der Waals surface area contributed by atoms with Crippen molar-refractivity contribution >= 4 is 6.09 Å². The summed E-state index contributed by atoms with van der Waals surface area (Å²) in [6, 6.07) is 3.06. The summed E-state index contributed by atoms with van der Waals surface area (Å²) in [6.07, 6.45) is 11.6. The zero-order valence-corrected chi connectivity index (χ0v) is 16.9. The third-order valence-corrected chi connectivity index (χ3v) is 5.55. The van der Waals surface area contributed by atoms with Crippen molar-refractivity contribution in [2.24, 2.45) is 5.92 Å². The number of alkyl carbamates (subject to hydrolysis) is 1. The van der Waals surface area contributed by atoms with Crippen LogP contribution in [0.3, 0.4) is 0 Å². The molecular weight excluding hydrogens is 326 g/mol. The Morgan fingerprint density at radius 1 is 1.04 bits per heavy atom. The summed E-state index contributed by atoms with van der Waals surface area (Å²) in [5.74, 6) is 0.119. The molecule has 0 radical (unpaired) electrons. The minimum absolute atomic E-state index is 0.119. The van der Waals surface area contributed by atoms with Crippen molar-refractivity contribution in [3.8, 4) is 6.07 Å². The molecule has 3 unspecified atom stereocenters. The van der Waals surface area contributed by atoms with E-state index in [2.05, 4.69) is 16.3 Å². The second kappa shape index (κ2) is 10.2. The van der Waals surface area contributed by atoms with Gasteiger partial charge in [0.15, 0.2) is 0 Å². The first-order valence-corrected chi connectivity index (χ1v) is 10.5. The zero-order valence-electron chi connectivity index (χ0n) is 16.9. The molecule has 5 nitrogen and oxygen atoms in total.